The summed E-state index contributed by atoms with van der Waals surface area (Å²) in [5, 5.41) is 8.36. The first-order valence-corrected chi connectivity index (χ1v) is 6.59. The minimum Gasteiger partial charge on any atom is -0.309 e. The van der Waals surface area contributed by atoms with Crippen molar-refractivity contribution in [2.75, 3.05) is 0 Å². The molecule has 0 aliphatic heterocycles. The van der Waals surface area contributed by atoms with Crippen molar-refractivity contribution < 1.29 is 0 Å². The molecule has 7 heteroatoms. The second kappa shape index (κ2) is 5.28. The van der Waals surface area contributed by atoms with Crippen LogP contribution in [0.25, 0.3) is 10.9 Å². The number of rotatable bonds is 3. The van der Waals surface area contributed by atoms with E-state index in [2.05, 4.69) is 20.3 Å². The van der Waals surface area contributed by atoms with Crippen LogP contribution in [-0.4, -0.2) is 25.0 Å². The van der Waals surface area contributed by atoms with Crippen molar-refractivity contribution in [1.82, 2.24) is 25.0 Å². The van der Waals surface area contributed by atoms with E-state index in [1.807, 2.05) is 6.92 Å². The fraction of sp³-hybridized carbons (Fsp3) is 0.214. The highest BCUT2D eigenvalue weighted by Gasteiger charge is 2.07. The van der Waals surface area contributed by atoms with Gasteiger partial charge in [-0.3, -0.25) is 9.59 Å². The normalized spacial score (nSPS) is 10.9. The number of benzene rings is 1. The first-order valence-electron chi connectivity index (χ1n) is 6.59. The predicted octanol–water partition coefficient (Wildman–Crippen LogP) is 0.485. The van der Waals surface area contributed by atoms with E-state index in [0.717, 1.165) is 0 Å². The van der Waals surface area contributed by atoms with E-state index >= 15 is 0 Å². The predicted molar refractivity (Wildman–Crippen MR) is 77.1 cm³/mol. The summed E-state index contributed by atoms with van der Waals surface area (Å²) >= 11 is 0. The van der Waals surface area contributed by atoms with Gasteiger partial charge < -0.3 is 4.98 Å². The summed E-state index contributed by atoms with van der Waals surface area (Å²) in [6.45, 7) is 1.99. The Kier molecular flexibility index (Phi) is 3.31. The van der Waals surface area contributed by atoms with E-state index in [1.54, 1.807) is 24.3 Å². The van der Waals surface area contributed by atoms with Crippen molar-refractivity contribution in [2.24, 2.45) is 0 Å². The van der Waals surface area contributed by atoms with E-state index in [-0.39, 0.29) is 17.7 Å². The number of aromatic amines is 1. The van der Waals surface area contributed by atoms with Crippen LogP contribution in [0, 0.1) is 0 Å². The summed E-state index contributed by atoms with van der Waals surface area (Å²) in [4.78, 5) is 30.7. The molecule has 0 fully saturated rings. The smallest absolute Gasteiger partial charge is 0.278 e. The molecule has 0 saturated carbocycles. The molecule has 3 aromatic rings. The Hall–Kier alpha value is -2.83. The number of aryl methyl sites for hydroxylation is 1. The molecule has 2 heterocycles. The maximum absolute atomic E-state index is 12.3. The lowest BCUT2D eigenvalue weighted by Crippen LogP contribution is -2.27. The highest BCUT2D eigenvalue weighted by atomic mass is 16.1. The number of nitrogens with zero attached hydrogens (tertiary/aromatic N) is 4. The van der Waals surface area contributed by atoms with Crippen molar-refractivity contribution in [3.05, 3.63) is 62.6 Å². The number of H-pyrrole nitrogens is 1. The Morgan fingerprint density at radius 3 is 2.86 bits per heavy atom. The Morgan fingerprint density at radius 2 is 2.05 bits per heavy atom. The fourth-order valence-corrected chi connectivity index (χ4v) is 2.09. The maximum Gasteiger partial charge on any atom is 0.278 e. The average Bonchev–Trinajstić information content (AvgIpc) is 2.50. The van der Waals surface area contributed by atoms with Crippen molar-refractivity contribution >= 4 is 10.9 Å². The fourth-order valence-electron chi connectivity index (χ4n) is 2.09. The molecule has 106 valence electrons. The summed E-state index contributed by atoms with van der Waals surface area (Å²) in [7, 11) is 0. The molecule has 0 radical (unpaired) electrons. The average molecular weight is 283 g/mol. The summed E-state index contributed by atoms with van der Waals surface area (Å²) in [6, 6.07) is 8.43. The molecule has 0 saturated heterocycles. The summed E-state index contributed by atoms with van der Waals surface area (Å²) < 4.78 is 1.19. The lowest BCUT2D eigenvalue weighted by molar-refractivity contribution is 0.578. The van der Waals surface area contributed by atoms with Crippen LogP contribution >= 0.6 is 0 Å². The van der Waals surface area contributed by atoms with Gasteiger partial charge in [-0.2, -0.15) is 0 Å². The monoisotopic (exact) mass is 283 g/mol. The third-order valence-electron chi connectivity index (χ3n) is 3.13. The van der Waals surface area contributed by atoms with Crippen molar-refractivity contribution in [3.63, 3.8) is 0 Å². The molecule has 0 bridgehead atoms. The minimum absolute atomic E-state index is 0.0831. The van der Waals surface area contributed by atoms with Gasteiger partial charge in [-0.25, -0.2) is 9.67 Å². The van der Waals surface area contributed by atoms with Crippen LogP contribution in [-0.2, 0) is 13.0 Å². The SMILES string of the molecule is CCc1cc(=O)[nH]c(Cn2nnc3ccccc3c2=O)n1. The van der Waals surface area contributed by atoms with Crippen molar-refractivity contribution in [2.45, 2.75) is 19.9 Å². The van der Waals surface area contributed by atoms with Crippen LogP contribution < -0.4 is 11.1 Å². The molecular formula is C14H13N5O2. The van der Waals surface area contributed by atoms with Gasteiger partial charge in [-0.15, -0.1) is 5.10 Å². The number of fused-ring (bicyclic) bond motifs is 1. The van der Waals surface area contributed by atoms with E-state index in [9.17, 15) is 9.59 Å². The minimum atomic E-state index is -0.259. The Labute approximate surface area is 119 Å². The topological polar surface area (TPSA) is 93.5 Å². The highest BCUT2D eigenvalue weighted by molar-refractivity contribution is 5.76. The number of hydrogen-bond acceptors (Lipinski definition) is 5. The first-order chi connectivity index (χ1) is 10.2. The Bertz CT molecular complexity index is 913. The van der Waals surface area contributed by atoms with E-state index < -0.39 is 0 Å². The summed E-state index contributed by atoms with van der Waals surface area (Å²) in [5.41, 5.74) is 0.724. The van der Waals surface area contributed by atoms with Gasteiger partial charge >= 0.3 is 0 Å². The molecule has 21 heavy (non-hydrogen) atoms. The zero-order valence-corrected chi connectivity index (χ0v) is 11.4. The van der Waals surface area contributed by atoms with Crippen molar-refractivity contribution in [3.8, 4) is 0 Å². The largest absolute Gasteiger partial charge is 0.309 e. The highest BCUT2D eigenvalue weighted by Crippen LogP contribution is 2.03. The quantitative estimate of drug-likeness (QED) is 0.754. The second-order valence-corrected chi connectivity index (χ2v) is 4.61. The molecule has 0 amide bonds. The lowest BCUT2D eigenvalue weighted by Gasteiger charge is -2.05. The molecule has 1 aromatic carbocycles. The van der Waals surface area contributed by atoms with E-state index in [4.69, 9.17) is 0 Å². The van der Waals surface area contributed by atoms with Gasteiger partial charge in [0.1, 0.15) is 17.9 Å². The molecular weight excluding hydrogens is 270 g/mol. The van der Waals surface area contributed by atoms with Crippen LogP contribution in [0.1, 0.15) is 18.4 Å². The van der Waals surface area contributed by atoms with Gasteiger partial charge in [0.05, 0.1) is 5.39 Å². The molecule has 1 N–H and O–H groups in total. The summed E-state index contributed by atoms with van der Waals surface area (Å²) in [6.07, 6.45) is 0.648. The lowest BCUT2D eigenvalue weighted by atomic mass is 10.2. The number of nitrogens with one attached hydrogen (secondary N) is 1. The molecule has 0 spiro atoms. The van der Waals surface area contributed by atoms with E-state index in [0.29, 0.717) is 28.8 Å². The molecule has 7 nitrogen and oxygen atoms in total. The van der Waals surface area contributed by atoms with E-state index in [1.165, 1.54) is 10.7 Å². The zero-order chi connectivity index (χ0) is 14.8. The molecule has 2 aromatic heterocycles. The molecule has 3 rings (SSSR count). The van der Waals surface area contributed by atoms with Gasteiger partial charge in [0.2, 0.25) is 0 Å². The Morgan fingerprint density at radius 1 is 1.24 bits per heavy atom. The third-order valence-corrected chi connectivity index (χ3v) is 3.13. The zero-order valence-electron chi connectivity index (χ0n) is 11.4. The van der Waals surface area contributed by atoms with Crippen molar-refractivity contribution in [1.29, 1.82) is 0 Å². The number of hydrogen-bond donors (Lipinski definition) is 1. The molecule has 0 aliphatic rings. The first kappa shape index (κ1) is 13.2. The van der Waals surface area contributed by atoms with Gasteiger partial charge in [0.25, 0.3) is 11.1 Å². The van der Waals surface area contributed by atoms with Gasteiger partial charge in [-0.05, 0) is 18.6 Å². The molecule has 0 aliphatic carbocycles. The van der Waals surface area contributed by atoms with Crippen LogP contribution in [0.5, 0.6) is 0 Å². The van der Waals surface area contributed by atoms with Crippen LogP contribution in [0.15, 0.2) is 39.9 Å². The van der Waals surface area contributed by atoms with Gasteiger partial charge in [0, 0.05) is 11.8 Å². The standard InChI is InChI=1S/C14H13N5O2/c1-2-9-7-13(20)16-12(15-9)8-19-14(21)10-5-3-4-6-11(10)17-18-19/h3-7H,2,8H2,1H3,(H,15,16,20). The number of aromatic nitrogens is 5. The van der Waals surface area contributed by atoms with Gasteiger partial charge in [-0.1, -0.05) is 24.3 Å². The van der Waals surface area contributed by atoms with Crippen LogP contribution in [0.4, 0.5) is 0 Å². The van der Waals surface area contributed by atoms with Crippen LogP contribution in [0.3, 0.4) is 0 Å². The second-order valence-electron chi connectivity index (χ2n) is 4.61. The molecule has 0 atom stereocenters. The third kappa shape index (κ3) is 2.58. The van der Waals surface area contributed by atoms with Gasteiger partial charge in [0.15, 0.2) is 0 Å². The molecule has 0 unspecified atom stereocenters. The summed E-state index contributed by atoms with van der Waals surface area (Å²) in [5.74, 6) is 0.394. The maximum atomic E-state index is 12.3. The van der Waals surface area contributed by atoms with Crippen LogP contribution in [0.2, 0.25) is 0 Å². The Balaban J connectivity index is 2.06.